The molecule has 1 aromatic heterocycles. The van der Waals surface area contributed by atoms with Gasteiger partial charge in [0.1, 0.15) is 5.69 Å². The normalized spacial score (nSPS) is 14.9. The van der Waals surface area contributed by atoms with E-state index < -0.39 is 0 Å². The number of rotatable bonds is 4. The summed E-state index contributed by atoms with van der Waals surface area (Å²) in [6.45, 7) is 4.05. The van der Waals surface area contributed by atoms with Crippen molar-refractivity contribution in [1.29, 1.82) is 0 Å². The van der Waals surface area contributed by atoms with Crippen molar-refractivity contribution in [2.24, 2.45) is 0 Å². The van der Waals surface area contributed by atoms with Crippen LogP contribution in [0.3, 0.4) is 0 Å². The van der Waals surface area contributed by atoms with E-state index in [2.05, 4.69) is 16.9 Å². The summed E-state index contributed by atoms with van der Waals surface area (Å²) in [5.74, 6) is 0.864. The molecule has 0 saturated heterocycles. The molecule has 0 aliphatic carbocycles. The zero-order chi connectivity index (χ0) is 10.6. The highest BCUT2D eigenvalue weighted by Crippen LogP contribution is 2.26. The first kappa shape index (κ1) is 11.2. The quantitative estimate of drug-likeness (QED) is 0.723. The van der Waals surface area contributed by atoms with Crippen molar-refractivity contribution in [1.82, 2.24) is 9.97 Å². The summed E-state index contributed by atoms with van der Waals surface area (Å²) < 4.78 is 5.13. The maximum Gasteiger partial charge on any atom is 0.235 e. The molecule has 0 N–H and O–H groups in total. The third-order valence-corrected chi connectivity index (χ3v) is 2.21. The lowest BCUT2D eigenvalue weighted by molar-refractivity contribution is 0.384. The minimum atomic E-state index is 0.136. The number of halogens is 1. The molecule has 0 spiro atoms. The van der Waals surface area contributed by atoms with Gasteiger partial charge < -0.3 is 4.74 Å². The maximum absolute atomic E-state index is 5.93. The minimum absolute atomic E-state index is 0.136. The van der Waals surface area contributed by atoms with Crippen molar-refractivity contribution < 1.29 is 4.74 Å². The fraction of sp³-hybridized carbons (Fsp3) is 0.600. The minimum Gasteiger partial charge on any atom is -0.480 e. The van der Waals surface area contributed by atoms with E-state index in [0.29, 0.717) is 5.88 Å². The Kier molecular flexibility index (Phi) is 4.14. The van der Waals surface area contributed by atoms with Crippen molar-refractivity contribution in [3.8, 4) is 5.88 Å². The van der Waals surface area contributed by atoms with Crippen LogP contribution in [0.15, 0.2) is 12.4 Å². The van der Waals surface area contributed by atoms with Gasteiger partial charge in [0.25, 0.3) is 0 Å². The van der Waals surface area contributed by atoms with Crippen LogP contribution >= 0.6 is 11.6 Å². The Hall–Kier alpha value is -0.830. The molecule has 0 fully saturated rings. The highest BCUT2D eigenvalue weighted by molar-refractivity contribution is 6.20. The van der Waals surface area contributed by atoms with Crippen LogP contribution in [0, 0.1) is 0 Å². The van der Waals surface area contributed by atoms with E-state index in [4.69, 9.17) is 16.3 Å². The standard InChI is InChI=1S/C10H15ClN2O/c1-7(6-8(2)11)9-10(14-3)13-5-4-12-9/h4-5,7-8H,6H2,1-3H3. The third kappa shape index (κ3) is 2.84. The van der Waals surface area contributed by atoms with Crippen LogP contribution < -0.4 is 4.74 Å². The second-order valence-electron chi connectivity index (χ2n) is 3.37. The highest BCUT2D eigenvalue weighted by Gasteiger charge is 2.15. The van der Waals surface area contributed by atoms with Gasteiger partial charge in [0, 0.05) is 23.7 Å². The molecule has 2 unspecified atom stereocenters. The van der Waals surface area contributed by atoms with E-state index >= 15 is 0 Å². The summed E-state index contributed by atoms with van der Waals surface area (Å²) in [6, 6.07) is 0. The number of aromatic nitrogens is 2. The van der Waals surface area contributed by atoms with Crippen LogP contribution in [0.4, 0.5) is 0 Å². The number of hydrogen-bond acceptors (Lipinski definition) is 3. The number of methoxy groups -OCH3 is 1. The van der Waals surface area contributed by atoms with Gasteiger partial charge in [-0.3, -0.25) is 4.98 Å². The molecule has 0 aromatic carbocycles. The number of nitrogens with zero attached hydrogens (tertiary/aromatic N) is 2. The van der Waals surface area contributed by atoms with E-state index in [1.165, 1.54) is 0 Å². The van der Waals surface area contributed by atoms with Crippen LogP contribution in [0.1, 0.15) is 31.9 Å². The van der Waals surface area contributed by atoms with Crippen LogP contribution in [-0.4, -0.2) is 22.5 Å². The molecular formula is C10H15ClN2O. The molecule has 1 aromatic rings. The van der Waals surface area contributed by atoms with Crippen molar-refractivity contribution in [3.05, 3.63) is 18.1 Å². The summed E-state index contributed by atoms with van der Waals surface area (Å²) in [4.78, 5) is 8.35. The molecule has 0 aliphatic heterocycles. The molecule has 1 rings (SSSR count). The first-order valence-corrected chi connectivity index (χ1v) is 5.07. The molecular weight excluding hydrogens is 200 g/mol. The first-order chi connectivity index (χ1) is 6.65. The van der Waals surface area contributed by atoms with Gasteiger partial charge in [-0.05, 0) is 13.3 Å². The summed E-state index contributed by atoms with van der Waals surface area (Å²) >= 11 is 5.93. The van der Waals surface area contributed by atoms with Gasteiger partial charge in [-0.1, -0.05) is 6.92 Å². The lowest BCUT2D eigenvalue weighted by Crippen LogP contribution is -2.06. The lowest BCUT2D eigenvalue weighted by atomic mass is 10.0. The van der Waals surface area contributed by atoms with Crippen molar-refractivity contribution >= 4 is 11.6 Å². The summed E-state index contributed by atoms with van der Waals surface area (Å²) in [7, 11) is 1.60. The average molecular weight is 215 g/mol. The predicted octanol–water partition coefficient (Wildman–Crippen LogP) is 2.61. The summed E-state index contributed by atoms with van der Waals surface area (Å²) in [6.07, 6.45) is 4.17. The highest BCUT2D eigenvalue weighted by atomic mass is 35.5. The molecule has 3 nitrogen and oxygen atoms in total. The van der Waals surface area contributed by atoms with Crippen LogP contribution in [0.2, 0.25) is 0 Å². The molecule has 0 aliphatic rings. The zero-order valence-corrected chi connectivity index (χ0v) is 9.45. The van der Waals surface area contributed by atoms with Crippen molar-refractivity contribution in [2.75, 3.05) is 7.11 Å². The molecule has 0 bridgehead atoms. The van der Waals surface area contributed by atoms with E-state index in [-0.39, 0.29) is 11.3 Å². The Morgan fingerprint density at radius 2 is 2.00 bits per heavy atom. The zero-order valence-electron chi connectivity index (χ0n) is 8.70. The van der Waals surface area contributed by atoms with Crippen LogP contribution in [-0.2, 0) is 0 Å². The van der Waals surface area contributed by atoms with Gasteiger partial charge in [-0.15, -0.1) is 11.6 Å². The Morgan fingerprint density at radius 3 is 2.57 bits per heavy atom. The van der Waals surface area contributed by atoms with Gasteiger partial charge in [0.2, 0.25) is 5.88 Å². The monoisotopic (exact) mass is 214 g/mol. The largest absolute Gasteiger partial charge is 0.480 e. The summed E-state index contributed by atoms with van der Waals surface area (Å²) in [5.41, 5.74) is 0.877. The number of hydrogen-bond donors (Lipinski definition) is 0. The Morgan fingerprint density at radius 1 is 1.36 bits per heavy atom. The van der Waals surface area contributed by atoms with Crippen LogP contribution in [0.25, 0.3) is 0 Å². The Bertz CT molecular complexity index is 291. The average Bonchev–Trinajstić information content (AvgIpc) is 2.16. The molecule has 2 atom stereocenters. The molecule has 0 amide bonds. The molecule has 14 heavy (non-hydrogen) atoms. The first-order valence-electron chi connectivity index (χ1n) is 4.64. The van der Waals surface area contributed by atoms with Gasteiger partial charge in [0.15, 0.2) is 0 Å². The lowest BCUT2D eigenvalue weighted by Gasteiger charge is -2.13. The second-order valence-corrected chi connectivity index (χ2v) is 4.11. The number of ether oxygens (including phenoxy) is 1. The molecule has 0 saturated carbocycles. The Labute approximate surface area is 89.5 Å². The van der Waals surface area contributed by atoms with E-state index in [1.807, 2.05) is 6.92 Å². The van der Waals surface area contributed by atoms with E-state index in [9.17, 15) is 0 Å². The topological polar surface area (TPSA) is 35.0 Å². The van der Waals surface area contributed by atoms with Gasteiger partial charge in [-0.2, -0.15) is 0 Å². The van der Waals surface area contributed by atoms with Gasteiger partial charge in [0.05, 0.1) is 7.11 Å². The molecule has 0 radical (unpaired) electrons. The molecule has 4 heteroatoms. The maximum atomic E-state index is 5.93. The molecule has 78 valence electrons. The third-order valence-electron chi connectivity index (χ3n) is 2.03. The number of alkyl halides is 1. The van der Waals surface area contributed by atoms with Gasteiger partial charge in [-0.25, -0.2) is 4.98 Å². The second kappa shape index (κ2) is 5.15. The van der Waals surface area contributed by atoms with E-state index in [1.54, 1.807) is 19.5 Å². The molecule has 1 heterocycles. The fourth-order valence-electron chi connectivity index (χ4n) is 1.43. The fourth-order valence-corrected chi connectivity index (χ4v) is 1.70. The van der Waals surface area contributed by atoms with Gasteiger partial charge >= 0.3 is 0 Å². The summed E-state index contributed by atoms with van der Waals surface area (Å²) in [5, 5.41) is 0.136. The van der Waals surface area contributed by atoms with Crippen molar-refractivity contribution in [2.45, 2.75) is 31.6 Å². The van der Waals surface area contributed by atoms with E-state index in [0.717, 1.165) is 12.1 Å². The van der Waals surface area contributed by atoms with Crippen molar-refractivity contribution in [3.63, 3.8) is 0 Å². The smallest absolute Gasteiger partial charge is 0.235 e. The predicted molar refractivity (Wildman–Crippen MR) is 56.9 cm³/mol. The Balaban J connectivity index is 2.82. The SMILES string of the molecule is COc1nccnc1C(C)CC(C)Cl. The van der Waals surface area contributed by atoms with Crippen LogP contribution in [0.5, 0.6) is 5.88 Å².